The van der Waals surface area contributed by atoms with Crippen LogP contribution in [0.1, 0.15) is 29.7 Å². The van der Waals surface area contributed by atoms with Gasteiger partial charge in [-0.15, -0.1) is 0 Å². The summed E-state index contributed by atoms with van der Waals surface area (Å²) in [6.45, 7) is -0.151. The quantitative estimate of drug-likeness (QED) is 0.463. The van der Waals surface area contributed by atoms with Gasteiger partial charge in [0.15, 0.2) is 0 Å². The van der Waals surface area contributed by atoms with E-state index in [1.807, 2.05) is 36.3 Å². The summed E-state index contributed by atoms with van der Waals surface area (Å²) < 4.78 is 15.8. The predicted octanol–water partition coefficient (Wildman–Crippen LogP) is 4.29. The number of carbonyl (C=O) groups excluding carboxylic acids is 1. The standard InChI is InChI=1S/C26H26FN3O3/c1-29(25(31)11-6-16-14-28-22-5-3-2-4-19(16)22)18-8-10-24-21(13-18)20-12-17(27)7-9-23(20)30(24)15-26(32)33/h2-5,7,9,12,14,18,28H,6,8,10-11,13,15H2,1H3,(H,32,33). The summed E-state index contributed by atoms with van der Waals surface area (Å²) in [5.74, 6) is -1.19. The highest BCUT2D eigenvalue weighted by Gasteiger charge is 2.30. The zero-order chi connectivity index (χ0) is 23.1. The van der Waals surface area contributed by atoms with Crippen LogP contribution in [0.2, 0.25) is 0 Å². The molecule has 33 heavy (non-hydrogen) atoms. The number of aliphatic carboxylic acids is 1. The van der Waals surface area contributed by atoms with Gasteiger partial charge in [-0.1, -0.05) is 18.2 Å². The first-order valence-corrected chi connectivity index (χ1v) is 11.2. The molecule has 5 rings (SSSR count). The van der Waals surface area contributed by atoms with Gasteiger partial charge < -0.3 is 19.6 Å². The molecule has 0 aliphatic heterocycles. The molecule has 0 spiro atoms. The maximum absolute atomic E-state index is 14.0. The molecule has 1 aliphatic carbocycles. The second kappa shape index (κ2) is 8.39. The number of carbonyl (C=O) groups is 2. The molecule has 1 aliphatic rings. The summed E-state index contributed by atoms with van der Waals surface area (Å²) in [6.07, 6.45) is 5.05. The Balaban J connectivity index is 1.35. The monoisotopic (exact) mass is 447 g/mol. The molecular weight excluding hydrogens is 421 g/mol. The number of H-pyrrole nitrogens is 1. The molecule has 2 aromatic carbocycles. The van der Waals surface area contributed by atoms with E-state index < -0.39 is 5.97 Å². The van der Waals surface area contributed by atoms with Crippen LogP contribution in [0.25, 0.3) is 21.8 Å². The molecule has 2 heterocycles. The normalized spacial score (nSPS) is 15.6. The highest BCUT2D eigenvalue weighted by atomic mass is 19.1. The second-order valence-electron chi connectivity index (χ2n) is 8.83. The molecule has 6 nitrogen and oxygen atoms in total. The highest BCUT2D eigenvalue weighted by Crippen LogP contribution is 2.34. The third kappa shape index (κ3) is 3.88. The Kier molecular flexibility index (Phi) is 5.40. The number of benzene rings is 2. The van der Waals surface area contributed by atoms with Crippen molar-refractivity contribution in [2.75, 3.05) is 7.05 Å². The third-order valence-corrected chi connectivity index (χ3v) is 6.92. The van der Waals surface area contributed by atoms with Gasteiger partial charge in [-0.05, 0) is 61.1 Å². The van der Waals surface area contributed by atoms with E-state index in [4.69, 9.17) is 0 Å². The van der Waals surface area contributed by atoms with Crippen molar-refractivity contribution >= 4 is 33.7 Å². The zero-order valence-corrected chi connectivity index (χ0v) is 18.5. The second-order valence-corrected chi connectivity index (χ2v) is 8.83. The number of para-hydroxylation sites is 1. The summed E-state index contributed by atoms with van der Waals surface area (Å²) >= 11 is 0. The van der Waals surface area contributed by atoms with E-state index in [2.05, 4.69) is 11.1 Å². The summed E-state index contributed by atoms with van der Waals surface area (Å²) in [4.78, 5) is 29.5. The van der Waals surface area contributed by atoms with Crippen molar-refractivity contribution in [2.45, 2.75) is 44.7 Å². The molecule has 1 unspecified atom stereocenters. The maximum atomic E-state index is 14.0. The van der Waals surface area contributed by atoms with Crippen LogP contribution in [0.5, 0.6) is 0 Å². The van der Waals surface area contributed by atoms with Crippen LogP contribution in [-0.2, 0) is 35.4 Å². The summed E-state index contributed by atoms with van der Waals surface area (Å²) in [6, 6.07) is 12.6. The lowest BCUT2D eigenvalue weighted by Crippen LogP contribution is -2.40. The molecule has 0 fully saturated rings. The predicted molar refractivity (Wildman–Crippen MR) is 125 cm³/mol. The van der Waals surface area contributed by atoms with Crippen LogP contribution in [0.4, 0.5) is 4.39 Å². The fourth-order valence-corrected chi connectivity index (χ4v) is 5.21. The Morgan fingerprint density at radius 2 is 2.03 bits per heavy atom. The van der Waals surface area contributed by atoms with Gasteiger partial charge in [0.2, 0.25) is 5.91 Å². The van der Waals surface area contributed by atoms with Gasteiger partial charge in [-0.25, -0.2) is 4.39 Å². The average Bonchev–Trinajstić information content (AvgIpc) is 3.35. The van der Waals surface area contributed by atoms with E-state index in [9.17, 15) is 19.1 Å². The van der Waals surface area contributed by atoms with Gasteiger partial charge in [0.05, 0.1) is 0 Å². The Labute approximate surface area is 190 Å². The van der Waals surface area contributed by atoms with Crippen LogP contribution in [0.15, 0.2) is 48.7 Å². The van der Waals surface area contributed by atoms with E-state index in [1.54, 1.807) is 10.6 Å². The minimum absolute atomic E-state index is 0.000106. The van der Waals surface area contributed by atoms with Gasteiger partial charge >= 0.3 is 5.97 Å². The number of halogens is 1. The number of hydrogen-bond acceptors (Lipinski definition) is 2. The number of nitrogens with zero attached hydrogens (tertiary/aromatic N) is 2. The van der Waals surface area contributed by atoms with Crippen molar-refractivity contribution < 1.29 is 19.1 Å². The minimum atomic E-state index is -0.925. The lowest BCUT2D eigenvalue weighted by Gasteiger charge is -2.32. The van der Waals surface area contributed by atoms with Crippen LogP contribution < -0.4 is 0 Å². The first-order chi connectivity index (χ1) is 15.9. The van der Waals surface area contributed by atoms with Crippen molar-refractivity contribution in [1.82, 2.24) is 14.5 Å². The fraction of sp³-hybridized carbons (Fsp3) is 0.308. The lowest BCUT2D eigenvalue weighted by atomic mass is 9.90. The van der Waals surface area contributed by atoms with E-state index in [0.717, 1.165) is 45.0 Å². The molecule has 1 amide bonds. The van der Waals surface area contributed by atoms with Gasteiger partial charge in [-0.2, -0.15) is 0 Å². The molecule has 170 valence electrons. The van der Waals surface area contributed by atoms with Gasteiger partial charge in [0.25, 0.3) is 0 Å². The number of amides is 1. The van der Waals surface area contributed by atoms with E-state index in [0.29, 0.717) is 25.7 Å². The van der Waals surface area contributed by atoms with Gasteiger partial charge in [0, 0.05) is 53.2 Å². The van der Waals surface area contributed by atoms with E-state index in [1.165, 1.54) is 12.1 Å². The Morgan fingerprint density at radius 1 is 1.21 bits per heavy atom. The van der Waals surface area contributed by atoms with Gasteiger partial charge in [-0.3, -0.25) is 9.59 Å². The topological polar surface area (TPSA) is 78.3 Å². The summed E-state index contributed by atoms with van der Waals surface area (Å²) in [7, 11) is 1.84. The number of aromatic nitrogens is 2. The Morgan fingerprint density at radius 3 is 2.85 bits per heavy atom. The summed E-state index contributed by atoms with van der Waals surface area (Å²) in [5, 5.41) is 11.3. The smallest absolute Gasteiger partial charge is 0.323 e. The number of aromatic amines is 1. The Hall–Kier alpha value is -3.61. The molecule has 0 bridgehead atoms. The number of carboxylic acid groups (broad SMARTS) is 1. The third-order valence-electron chi connectivity index (χ3n) is 6.92. The van der Waals surface area contributed by atoms with Crippen LogP contribution in [0.3, 0.4) is 0 Å². The summed E-state index contributed by atoms with van der Waals surface area (Å²) in [5.41, 5.74) is 4.83. The van der Waals surface area contributed by atoms with E-state index >= 15 is 0 Å². The Bertz CT molecular complexity index is 1370. The number of rotatable bonds is 6. The van der Waals surface area contributed by atoms with Crippen LogP contribution >= 0.6 is 0 Å². The molecule has 4 aromatic rings. The lowest BCUT2D eigenvalue weighted by molar-refractivity contribution is -0.137. The number of carboxylic acids is 1. The first-order valence-electron chi connectivity index (χ1n) is 11.2. The van der Waals surface area contributed by atoms with Crippen molar-refractivity contribution in [3.63, 3.8) is 0 Å². The highest BCUT2D eigenvalue weighted by molar-refractivity contribution is 5.88. The molecule has 0 saturated heterocycles. The number of aryl methyl sites for hydroxylation is 1. The first kappa shape index (κ1) is 21.2. The maximum Gasteiger partial charge on any atom is 0.323 e. The van der Waals surface area contributed by atoms with Crippen LogP contribution in [0, 0.1) is 5.82 Å². The zero-order valence-electron chi connectivity index (χ0n) is 18.5. The molecule has 2 N–H and O–H groups in total. The largest absolute Gasteiger partial charge is 0.480 e. The molecular formula is C26H26FN3O3. The van der Waals surface area contributed by atoms with E-state index in [-0.39, 0.29) is 24.3 Å². The van der Waals surface area contributed by atoms with Crippen molar-refractivity contribution in [2.24, 2.45) is 0 Å². The number of nitrogens with one attached hydrogen (secondary N) is 1. The molecule has 1 atom stereocenters. The van der Waals surface area contributed by atoms with Crippen molar-refractivity contribution in [3.05, 3.63) is 71.3 Å². The fourth-order valence-electron chi connectivity index (χ4n) is 5.21. The minimum Gasteiger partial charge on any atom is -0.480 e. The number of hydrogen-bond donors (Lipinski definition) is 2. The number of likely N-dealkylation sites (N-methyl/N-ethyl adjacent to an activating group) is 1. The van der Waals surface area contributed by atoms with Crippen molar-refractivity contribution in [3.8, 4) is 0 Å². The van der Waals surface area contributed by atoms with Crippen molar-refractivity contribution in [1.29, 1.82) is 0 Å². The molecule has 7 heteroatoms. The number of fused-ring (bicyclic) bond motifs is 4. The van der Waals surface area contributed by atoms with Crippen LogP contribution in [-0.4, -0.2) is 44.5 Å². The van der Waals surface area contributed by atoms with Gasteiger partial charge in [0.1, 0.15) is 12.4 Å². The average molecular weight is 448 g/mol. The molecule has 2 aromatic heterocycles. The SMILES string of the molecule is CN(C(=O)CCc1c[nH]c2ccccc12)C1CCc2c(c3cc(F)ccc3n2CC(=O)O)C1. The molecule has 0 radical (unpaired) electrons. The molecule has 0 saturated carbocycles.